The first kappa shape index (κ1) is 16.0. The normalized spacial score (nSPS) is 26.8. The zero-order valence-corrected chi connectivity index (χ0v) is 14.3. The van der Waals surface area contributed by atoms with Gasteiger partial charge in [-0.05, 0) is 31.7 Å². The third-order valence-corrected chi connectivity index (χ3v) is 5.74. The minimum atomic E-state index is 0.213. The number of piperidine rings is 1. The van der Waals surface area contributed by atoms with E-state index < -0.39 is 0 Å². The molecule has 1 aromatic rings. The molecular weight excluding hydrogens is 296 g/mol. The highest BCUT2D eigenvalue weighted by molar-refractivity contribution is 7.10. The molecule has 4 nitrogen and oxygen atoms in total. The monoisotopic (exact) mass is 322 g/mol. The third-order valence-electron chi connectivity index (χ3n) is 4.86. The van der Waals surface area contributed by atoms with Crippen LogP contribution in [0.15, 0.2) is 17.5 Å². The van der Waals surface area contributed by atoms with Crippen molar-refractivity contribution in [3.05, 3.63) is 22.4 Å². The van der Waals surface area contributed by atoms with Gasteiger partial charge in [0.15, 0.2) is 0 Å². The number of carbonyl (C=O) groups excluding carboxylic acids is 1. The lowest BCUT2D eigenvalue weighted by Gasteiger charge is -2.38. The average Bonchev–Trinajstić information content (AvgIpc) is 2.90. The van der Waals surface area contributed by atoms with Crippen molar-refractivity contribution in [1.29, 1.82) is 0 Å². The Balaban J connectivity index is 1.58. The number of fused-ring (bicyclic) bond motifs is 1. The number of rotatable bonds is 3. The molecule has 122 valence electrons. The standard InChI is InChI=1S/C17H26N2O2S/c1-13(2)18-7-8-21-16-12-19(6-5-14(16)11-18)17(20)10-15-4-3-9-22-15/h3-4,9,13-14,16H,5-8,10-12H2,1-2H3/t14-,16-/m1/s1. The van der Waals surface area contributed by atoms with Crippen LogP contribution in [0, 0.1) is 5.92 Å². The molecule has 1 amide bonds. The molecule has 5 heteroatoms. The maximum absolute atomic E-state index is 12.5. The quantitative estimate of drug-likeness (QED) is 0.856. The molecule has 0 spiro atoms. The van der Waals surface area contributed by atoms with Crippen molar-refractivity contribution in [2.24, 2.45) is 5.92 Å². The van der Waals surface area contributed by atoms with E-state index in [1.807, 2.05) is 22.4 Å². The number of ether oxygens (including phenoxy) is 1. The Morgan fingerprint density at radius 3 is 3.00 bits per heavy atom. The fourth-order valence-corrected chi connectivity index (χ4v) is 4.14. The minimum absolute atomic E-state index is 0.213. The minimum Gasteiger partial charge on any atom is -0.375 e. The Morgan fingerprint density at radius 1 is 1.41 bits per heavy atom. The van der Waals surface area contributed by atoms with Gasteiger partial charge in [-0.3, -0.25) is 9.69 Å². The van der Waals surface area contributed by atoms with Crippen LogP contribution in [0.2, 0.25) is 0 Å². The number of hydrogen-bond acceptors (Lipinski definition) is 4. The number of carbonyl (C=O) groups is 1. The van der Waals surface area contributed by atoms with Gasteiger partial charge in [-0.1, -0.05) is 6.07 Å². The van der Waals surface area contributed by atoms with Crippen molar-refractivity contribution in [3.63, 3.8) is 0 Å². The molecule has 2 fully saturated rings. The predicted molar refractivity (Wildman–Crippen MR) is 89.2 cm³/mol. The van der Waals surface area contributed by atoms with Crippen LogP contribution in [-0.4, -0.2) is 60.6 Å². The summed E-state index contributed by atoms with van der Waals surface area (Å²) in [5.41, 5.74) is 0. The average molecular weight is 322 g/mol. The van der Waals surface area contributed by atoms with Crippen LogP contribution in [0.5, 0.6) is 0 Å². The fourth-order valence-electron chi connectivity index (χ4n) is 3.45. The maximum atomic E-state index is 12.5. The summed E-state index contributed by atoms with van der Waals surface area (Å²) in [4.78, 5) is 18.1. The Kier molecular flexibility index (Phi) is 5.16. The second-order valence-corrected chi connectivity index (χ2v) is 7.67. The molecule has 2 saturated heterocycles. The van der Waals surface area contributed by atoms with Gasteiger partial charge in [0.25, 0.3) is 0 Å². The van der Waals surface area contributed by atoms with Crippen molar-refractivity contribution >= 4 is 17.2 Å². The summed E-state index contributed by atoms with van der Waals surface area (Å²) in [6.07, 6.45) is 1.81. The molecule has 3 rings (SSSR count). The molecule has 0 saturated carbocycles. The molecule has 0 unspecified atom stereocenters. The summed E-state index contributed by atoms with van der Waals surface area (Å²) in [6.45, 7) is 9.04. The van der Waals surface area contributed by atoms with E-state index in [0.29, 0.717) is 18.4 Å². The molecule has 3 heterocycles. The van der Waals surface area contributed by atoms with Gasteiger partial charge in [-0.15, -0.1) is 11.3 Å². The second-order valence-electron chi connectivity index (χ2n) is 6.64. The lowest BCUT2D eigenvalue weighted by atomic mass is 9.92. The first-order valence-electron chi connectivity index (χ1n) is 8.29. The number of thiophene rings is 1. The summed E-state index contributed by atoms with van der Waals surface area (Å²) in [5.74, 6) is 0.810. The van der Waals surface area contributed by atoms with Gasteiger partial charge in [0.1, 0.15) is 0 Å². The molecule has 2 atom stereocenters. The van der Waals surface area contributed by atoms with Gasteiger partial charge in [0.2, 0.25) is 5.91 Å². The van der Waals surface area contributed by atoms with Gasteiger partial charge >= 0.3 is 0 Å². The highest BCUT2D eigenvalue weighted by Gasteiger charge is 2.35. The molecule has 22 heavy (non-hydrogen) atoms. The van der Waals surface area contributed by atoms with Crippen molar-refractivity contribution < 1.29 is 9.53 Å². The van der Waals surface area contributed by atoms with Crippen LogP contribution in [-0.2, 0) is 16.0 Å². The van der Waals surface area contributed by atoms with Gasteiger partial charge in [-0.2, -0.15) is 0 Å². The molecule has 0 bridgehead atoms. The molecule has 2 aliphatic rings. The van der Waals surface area contributed by atoms with E-state index in [9.17, 15) is 4.79 Å². The third kappa shape index (κ3) is 3.70. The van der Waals surface area contributed by atoms with Crippen LogP contribution >= 0.6 is 11.3 Å². The summed E-state index contributed by atoms with van der Waals surface area (Å²) in [7, 11) is 0. The largest absolute Gasteiger partial charge is 0.375 e. The Hall–Kier alpha value is -0.910. The smallest absolute Gasteiger partial charge is 0.227 e. The van der Waals surface area contributed by atoms with Crippen LogP contribution in [0.3, 0.4) is 0 Å². The summed E-state index contributed by atoms with van der Waals surface area (Å²) in [6, 6.07) is 4.62. The number of likely N-dealkylation sites (tertiary alicyclic amines) is 1. The SMILES string of the molecule is CC(C)N1CCO[C@@H]2CN(C(=O)Cc3cccs3)CC[C@@H]2C1. The van der Waals surface area contributed by atoms with Crippen molar-refractivity contribution in [2.75, 3.05) is 32.8 Å². The number of nitrogens with zero attached hydrogens (tertiary/aromatic N) is 2. The molecule has 0 aliphatic carbocycles. The molecule has 0 radical (unpaired) electrons. The topological polar surface area (TPSA) is 32.8 Å². The zero-order valence-electron chi connectivity index (χ0n) is 13.5. The molecule has 0 N–H and O–H groups in total. The van der Waals surface area contributed by atoms with E-state index in [4.69, 9.17) is 4.74 Å². The van der Waals surface area contributed by atoms with E-state index in [1.54, 1.807) is 11.3 Å². The lowest BCUT2D eigenvalue weighted by Crippen LogP contribution is -2.49. The van der Waals surface area contributed by atoms with Gasteiger partial charge in [0, 0.05) is 43.0 Å². The first-order valence-corrected chi connectivity index (χ1v) is 9.17. The number of amides is 1. The Morgan fingerprint density at radius 2 is 2.27 bits per heavy atom. The van der Waals surface area contributed by atoms with E-state index in [2.05, 4.69) is 18.7 Å². The van der Waals surface area contributed by atoms with Crippen LogP contribution in [0.25, 0.3) is 0 Å². The molecule has 0 aromatic carbocycles. The van der Waals surface area contributed by atoms with Crippen LogP contribution in [0.4, 0.5) is 0 Å². The van der Waals surface area contributed by atoms with Crippen LogP contribution in [0.1, 0.15) is 25.1 Å². The van der Waals surface area contributed by atoms with Crippen LogP contribution < -0.4 is 0 Å². The van der Waals surface area contributed by atoms with E-state index >= 15 is 0 Å². The van der Waals surface area contributed by atoms with Crippen molar-refractivity contribution in [2.45, 2.75) is 38.8 Å². The van der Waals surface area contributed by atoms with Gasteiger partial charge in [-0.25, -0.2) is 0 Å². The summed E-state index contributed by atoms with van der Waals surface area (Å²) in [5, 5.41) is 2.03. The second kappa shape index (κ2) is 7.11. The fraction of sp³-hybridized carbons (Fsp3) is 0.706. The van der Waals surface area contributed by atoms with Crippen molar-refractivity contribution in [3.8, 4) is 0 Å². The molecular formula is C17H26N2O2S. The Bertz CT molecular complexity index is 489. The Labute approximate surface area is 137 Å². The van der Waals surface area contributed by atoms with E-state index in [-0.39, 0.29) is 12.0 Å². The predicted octanol–water partition coefficient (Wildman–Crippen LogP) is 2.25. The summed E-state index contributed by atoms with van der Waals surface area (Å²) >= 11 is 1.66. The zero-order chi connectivity index (χ0) is 15.5. The van der Waals surface area contributed by atoms with E-state index in [0.717, 1.165) is 44.1 Å². The van der Waals surface area contributed by atoms with Gasteiger partial charge in [0.05, 0.1) is 19.1 Å². The first-order chi connectivity index (χ1) is 10.6. The number of hydrogen-bond donors (Lipinski definition) is 0. The maximum Gasteiger partial charge on any atom is 0.227 e. The highest BCUT2D eigenvalue weighted by atomic mass is 32.1. The summed E-state index contributed by atoms with van der Waals surface area (Å²) < 4.78 is 6.07. The lowest BCUT2D eigenvalue weighted by molar-refractivity contribution is -0.136. The van der Waals surface area contributed by atoms with E-state index in [1.165, 1.54) is 0 Å². The van der Waals surface area contributed by atoms with Crippen molar-refractivity contribution in [1.82, 2.24) is 9.80 Å². The van der Waals surface area contributed by atoms with Gasteiger partial charge < -0.3 is 9.64 Å². The highest BCUT2D eigenvalue weighted by Crippen LogP contribution is 2.25. The molecule has 2 aliphatic heterocycles. The molecule has 1 aromatic heterocycles.